The third kappa shape index (κ3) is 5.73. The van der Waals surface area contributed by atoms with E-state index in [2.05, 4.69) is 5.32 Å². The average Bonchev–Trinajstić information content (AvgIpc) is 2.64. The SMILES string of the molecule is CC(=O)c1cccc(OCCCC(=O)N[C@H](C(=O)O)c2ccccc2)c1. The average molecular weight is 355 g/mol. The molecule has 0 radical (unpaired) electrons. The first kappa shape index (κ1) is 19.2. The van der Waals surface area contributed by atoms with Gasteiger partial charge in [0, 0.05) is 12.0 Å². The summed E-state index contributed by atoms with van der Waals surface area (Å²) in [5.74, 6) is -0.953. The lowest BCUT2D eigenvalue weighted by Crippen LogP contribution is -2.33. The molecule has 1 atom stereocenters. The van der Waals surface area contributed by atoms with Crippen molar-refractivity contribution in [1.82, 2.24) is 5.32 Å². The number of ketones is 1. The molecule has 2 N–H and O–H groups in total. The van der Waals surface area contributed by atoms with Crippen LogP contribution in [0.2, 0.25) is 0 Å². The summed E-state index contributed by atoms with van der Waals surface area (Å²) in [7, 11) is 0. The highest BCUT2D eigenvalue weighted by atomic mass is 16.5. The Morgan fingerprint density at radius 3 is 2.46 bits per heavy atom. The van der Waals surface area contributed by atoms with Gasteiger partial charge >= 0.3 is 5.97 Å². The summed E-state index contributed by atoms with van der Waals surface area (Å²) in [6.45, 7) is 1.77. The molecular weight excluding hydrogens is 334 g/mol. The molecule has 0 saturated carbocycles. The van der Waals surface area contributed by atoms with Crippen LogP contribution in [0.4, 0.5) is 0 Å². The van der Waals surface area contributed by atoms with Gasteiger partial charge in [-0.25, -0.2) is 4.79 Å². The van der Waals surface area contributed by atoms with Crippen molar-refractivity contribution in [2.24, 2.45) is 0 Å². The molecule has 26 heavy (non-hydrogen) atoms. The lowest BCUT2D eigenvalue weighted by Gasteiger charge is -2.15. The quantitative estimate of drug-likeness (QED) is 0.533. The Kier molecular flexibility index (Phi) is 6.91. The number of aliphatic carboxylic acids is 1. The summed E-state index contributed by atoms with van der Waals surface area (Å²) in [5.41, 5.74) is 1.08. The number of Topliss-reactive ketones (excluding diaryl/α,β-unsaturated/α-hetero) is 1. The first-order valence-electron chi connectivity index (χ1n) is 8.28. The molecule has 6 heteroatoms. The molecule has 0 fully saturated rings. The smallest absolute Gasteiger partial charge is 0.330 e. The largest absolute Gasteiger partial charge is 0.494 e. The van der Waals surface area contributed by atoms with Crippen LogP contribution in [-0.4, -0.2) is 29.4 Å². The fraction of sp³-hybridized carbons (Fsp3) is 0.250. The molecule has 0 aliphatic heterocycles. The van der Waals surface area contributed by atoms with E-state index < -0.39 is 12.0 Å². The summed E-state index contributed by atoms with van der Waals surface area (Å²) in [4.78, 5) is 34.7. The van der Waals surface area contributed by atoms with Gasteiger partial charge in [0.05, 0.1) is 6.61 Å². The van der Waals surface area contributed by atoms with Crippen LogP contribution in [0.1, 0.15) is 41.7 Å². The lowest BCUT2D eigenvalue weighted by atomic mass is 10.1. The van der Waals surface area contributed by atoms with Gasteiger partial charge in [-0.05, 0) is 31.0 Å². The lowest BCUT2D eigenvalue weighted by molar-refractivity contribution is -0.142. The third-order valence-corrected chi connectivity index (χ3v) is 3.74. The molecule has 0 aromatic heterocycles. The Morgan fingerprint density at radius 2 is 1.81 bits per heavy atom. The van der Waals surface area contributed by atoms with Gasteiger partial charge < -0.3 is 15.2 Å². The summed E-state index contributed by atoms with van der Waals surface area (Å²) in [6.07, 6.45) is 0.570. The maximum absolute atomic E-state index is 12.0. The number of nitrogens with one attached hydrogen (secondary N) is 1. The van der Waals surface area contributed by atoms with Crippen molar-refractivity contribution in [3.05, 3.63) is 65.7 Å². The van der Waals surface area contributed by atoms with Crippen molar-refractivity contribution in [1.29, 1.82) is 0 Å². The second-order valence-corrected chi connectivity index (χ2v) is 5.79. The van der Waals surface area contributed by atoms with Gasteiger partial charge in [-0.15, -0.1) is 0 Å². The molecule has 0 spiro atoms. The van der Waals surface area contributed by atoms with Crippen molar-refractivity contribution < 1.29 is 24.2 Å². The third-order valence-electron chi connectivity index (χ3n) is 3.74. The number of benzene rings is 2. The normalized spacial score (nSPS) is 11.4. The van der Waals surface area contributed by atoms with Gasteiger partial charge in [0.1, 0.15) is 5.75 Å². The Hall–Kier alpha value is -3.15. The summed E-state index contributed by atoms with van der Waals surface area (Å²) in [6, 6.07) is 14.3. The zero-order chi connectivity index (χ0) is 18.9. The Labute approximate surface area is 151 Å². The molecule has 2 aromatic carbocycles. The summed E-state index contributed by atoms with van der Waals surface area (Å²) < 4.78 is 5.54. The predicted octanol–water partition coefficient (Wildman–Crippen LogP) is 2.99. The Balaban J connectivity index is 1.80. The number of amides is 1. The number of ether oxygens (including phenoxy) is 1. The van der Waals surface area contributed by atoms with Crippen LogP contribution in [0.5, 0.6) is 5.75 Å². The molecule has 136 valence electrons. The van der Waals surface area contributed by atoms with Crippen LogP contribution in [0.25, 0.3) is 0 Å². The molecule has 2 aromatic rings. The maximum atomic E-state index is 12.0. The van der Waals surface area contributed by atoms with E-state index in [-0.39, 0.29) is 24.7 Å². The number of carboxylic acids is 1. The zero-order valence-corrected chi connectivity index (χ0v) is 14.5. The van der Waals surface area contributed by atoms with Gasteiger partial charge in [-0.2, -0.15) is 0 Å². The van der Waals surface area contributed by atoms with E-state index in [0.717, 1.165) is 0 Å². The number of hydrogen-bond acceptors (Lipinski definition) is 4. The van der Waals surface area contributed by atoms with Crippen LogP contribution >= 0.6 is 0 Å². The second kappa shape index (κ2) is 9.36. The van der Waals surface area contributed by atoms with E-state index in [1.807, 2.05) is 0 Å². The van der Waals surface area contributed by atoms with E-state index in [0.29, 0.717) is 23.3 Å². The van der Waals surface area contributed by atoms with Crippen LogP contribution in [0.15, 0.2) is 54.6 Å². The second-order valence-electron chi connectivity index (χ2n) is 5.79. The van der Waals surface area contributed by atoms with E-state index >= 15 is 0 Å². The fourth-order valence-corrected chi connectivity index (χ4v) is 2.39. The molecule has 0 aliphatic rings. The van der Waals surface area contributed by atoms with E-state index in [1.54, 1.807) is 54.6 Å². The van der Waals surface area contributed by atoms with Crippen molar-refractivity contribution in [3.63, 3.8) is 0 Å². The zero-order valence-electron chi connectivity index (χ0n) is 14.5. The highest BCUT2D eigenvalue weighted by Gasteiger charge is 2.21. The van der Waals surface area contributed by atoms with Crippen LogP contribution < -0.4 is 10.1 Å². The summed E-state index contributed by atoms with van der Waals surface area (Å²) >= 11 is 0. The summed E-state index contributed by atoms with van der Waals surface area (Å²) in [5, 5.41) is 11.8. The molecule has 0 saturated heterocycles. The van der Waals surface area contributed by atoms with Crippen LogP contribution in [0, 0.1) is 0 Å². The minimum atomic E-state index is -1.11. The number of carbonyl (C=O) groups excluding carboxylic acids is 2. The molecule has 0 bridgehead atoms. The molecule has 2 rings (SSSR count). The highest BCUT2D eigenvalue weighted by Crippen LogP contribution is 2.15. The number of carbonyl (C=O) groups is 3. The maximum Gasteiger partial charge on any atom is 0.330 e. The van der Waals surface area contributed by atoms with E-state index in [4.69, 9.17) is 4.74 Å². The van der Waals surface area contributed by atoms with Crippen molar-refractivity contribution in [3.8, 4) is 5.75 Å². The van der Waals surface area contributed by atoms with E-state index in [9.17, 15) is 19.5 Å². The fourth-order valence-electron chi connectivity index (χ4n) is 2.39. The first-order valence-corrected chi connectivity index (χ1v) is 8.28. The first-order chi connectivity index (χ1) is 12.5. The Morgan fingerprint density at radius 1 is 1.08 bits per heavy atom. The molecule has 0 aliphatic carbocycles. The van der Waals surface area contributed by atoms with Gasteiger partial charge in [0.25, 0.3) is 0 Å². The molecule has 6 nitrogen and oxygen atoms in total. The predicted molar refractivity (Wildman–Crippen MR) is 96.1 cm³/mol. The number of hydrogen-bond donors (Lipinski definition) is 2. The monoisotopic (exact) mass is 355 g/mol. The minimum absolute atomic E-state index is 0.0459. The van der Waals surface area contributed by atoms with Crippen LogP contribution in [-0.2, 0) is 9.59 Å². The minimum Gasteiger partial charge on any atom is -0.494 e. The molecular formula is C20H21NO5. The Bertz CT molecular complexity index is 773. The van der Waals surface area contributed by atoms with Crippen LogP contribution in [0.3, 0.4) is 0 Å². The van der Waals surface area contributed by atoms with Gasteiger partial charge in [-0.3, -0.25) is 9.59 Å². The van der Waals surface area contributed by atoms with Crippen molar-refractivity contribution in [2.45, 2.75) is 25.8 Å². The molecule has 1 amide bonds. The van der Waals surface area contributed by atoms with Gasteiger partial charge in [-0.1, -0.05) is 42.5 Å². The van der Waals surface area contributed by atoms with Crippen molar-refractivity contribution >= 4 is 17.7 Å². The number of rotatable bonds is 9. The van der Waals surface area contributed by atoms with Gasteiger partial charge in [0.2, 0.25) is 5.91 Å². The van der Waals surface area contributed by atoms with Gasteiger partial charge in [0.15, 0.2) is 11.8 Å². The van der Waals surface area contributed by atoms with E-state index in [1.165, 1.54) is 6.92 Å². The highest BCUT2D eigenvalue weighted by molar-refractivity contribution is 5.94. The standard InChI is InChI=1S/C20H21NO5/c1-14(22)16-9-5-10-17(13-16)26-12-6-11-18(23)21-19(20(24)25)15-7-3-2-4-8-15/h2-5,7-10,13,19H,6,11-12H2,1H3,(H,21,23)(H,24,25)/t19-/m0/s1. The number of carboxylic acid groups (broad SMARTS) is 1. The molecule has 0 unspecified atom stereocenters. The topological polar surface area (TPSA) is 92.7 Å². The van der Waals surface area contributed by atoms with Crippen molar-refractivity contribution in [2.75, 3.05) is 6.61 Å². The molecule has 0 heterocycles.